The van der Waals surface area contributed by atoms with E-state index in [-0.39, 0.29) is 17.4 Å². The number of nitro groups is 1. The second-order valence-electron chi connectivity index (χ2n) is 3.25. The zero-order valence-electron chi connectivity index (χ0n) is 7.14. The van der Waals surface area contributed by atoms with Gasteiger partial charge in [-0.25, -0.2) is 0 Å². The van der Waals surface area contributed by atoms with Crippen LogP contribution in [0.4, 0.5) is 5.69 Å². The van der Waals surface area contributed by atoms with Crippen LogP contribution < -0.4 is 0 Å². The minimum Gasteiger partial charge on any atom is -0.335 e. The molecule has 0 amide bonds. The Morgan fingerprint density at radius 1 is 1.64 bits per heavy atom. The van der Waals surface area contributed by atoms with Crippen LogP contribution in [0.15, 0.2) is 12.3 Å². The van der Waals surface area contributed by atoms with E-state index in [4.69, 9.17) is 11.6 Å². The SMILES string of the molecule is O=C(Cl)c1cc([N+](=O)[O-])cn1C1CC1. The Bertz CT molecular complexity index is 409. The third-order valence-electron chi connectivity index (χ3n) is 2.19. The van der Waals surface area contributed by atoms with E-state index in [0.29, 0.717) is 0 Å². The summed E-state index contributed by atoms with van der Waals surface area (Å²) < 4.78 is 1.59. The van der Waals surface area contributed by atoms with Crippen molar-refractivity contribution in [2.75, 3.05) is 0 Å². The Morgan fingerprint density at radius 3 is 2.71 bits per heavy atom. The number of carbonyl (C=O) groups is 1. The quantitative estimate of drug-likeness (QED) is 0.440. The maximum absolute atomic E-state index is 11.0. The first kappa shape index (κ1) is 9.21. The maximum Gasteiger partial charge on any atom is 0.287 e. The average Bonchev–Trinajstić information content (AvgIpc) is 2.83. The van der Waals surface area contributed by atoms with Crippen LogP contribution in [0.2, 0.25) is 0 Å². The van der Waals surface area contributed by atoms with Crippen LogP contribution in [-0.2, 0) is 0 Å². The van der Waals surface area contributed by atoms with Gasteiger partial charge in [0.1, 0.15) is 5.69 Å². The molecule has 74 valence electrons. The highest BCUT2D eigenvalue weighted by atomic mass is 35.5. The Morgan fingerprint density at radius 2 is 2.29 bits per heavy atom. The summed E-state index contributed by atoms with van der Waals surface area (Å²) in [5, 5.41) is 9.82. The van der Waals surface area contributed by atoms with Crippen LogP contribution >= 0.6 is 11.6 Å². The summed E-state index contributed by atoms with van der Waals surface area (Å²) in [6, 6.07) is 1.43. The predicted molar refractivity (Wildman–Crippen MR) is 49.5 cm³/mol. The Labute approximate surface area is 84.4 Å². The van der Waals surface area contributed by atoms with Crippen LogP contribution in [0.5, 0.6) is 0 Å². The highest BCUT2D eigenvalue weighted by Gasteiger charge is 2.29. The molecule has 0 aliphatic heterocycles. The molecule has 1 heterocycles. The third-order valence-corrected chi connectivity index (χ3v) is 2.38. The number of nitrogens with zero attached hydrogens (tertiary/aromatic N) is 2. The molecule has 0 aromatic carbocycles. The lowest BCUT2D eigenvalue weighted by Gasteiger charge is -2.00. The summed E-state index contributed by atoms with van der Waals surface area (Å²) in [5.74, 6) is 0. The molecule has 1 fully saturated rings. The Kier molecular flexibility index (Phi) is 2.03. The van der Waals surface area contributed by atoms with Gasteiger partial charge in [0.2, 0.25) is 0 Å². The molecular weight excluding hydrogens is 208 g/mol. The summed E-state index contributed by atoms with van der Waals surface area (Å²) in [6.45, 7) is 0. The lowest BCUT2D eigenvalue weighted by molar-refractivity contribution is -0.384. The molecule has 0 spiro atoms. The highest BCUT2D eigenvalue weighted by molar-refractivity contribution is 6.67. The normalized spacial score (nSPS) is 15.5. The minimum absolute atomic E-state index is 0.0825. The van der Waals surface area contributed by atoms with Crippen LogP contribution in [-0.4, -0.2) is 14.7 Å². The molecule has 1 aliphatic rings. The molecule has 1 aromatic rings. The van der Waals surface area contributed by atoms with Gasteiger partial charge in [-0.3, -0.25) is 14.9 Å². The van der Waals surface area contributed by atoms with Crippen LogP contribution in [0.1, 0.15) is 29.4 Å². The van der Waals surface area contributed by atoms with Crippen molar-refractivity contribution in [1.82, 2.24) is 4.57 Å². The topological polar surface area (TPSA) is 65.1 Å². The molecule has 1 aromatic heterocycles. The summed E-state index contributed by atoms with van der Waals surface area (Å²) in [7, 11) is 0. The fourth-order valence-electron chi connectivity index (χ4n) is 1.38. The van der Waals surface area contributed by atoms with Crippen molar-refractivity contribution in [1.29, 1.82) is 0 Å². The Balaban J connectivity index is 2.45. The number of carbonyl (C=O) groups excluding carboxylic acids is 1. The molecule has 0 unspecified atom stereocenters. The van der Waals surface area contributed by atoms with Gasteiger partial charge in [0, 0.05) is 12.1 Å². The highest BCUT2D eigenvalue weighted by Crippen LogP contribution is 2.38. The molecule has 5 nitrogen and oxygen atoms in total. The fourth-order valence-corrected chi connectivity index (χ4v) is 1.53. The second-order valence-corrected chi connectivity index (χ2v) is 3.60. The van der Waals surface area contributed by atoms with Crippen LogP contribution in [0, 0.1) is 10.1 Å². The largest absolute Gasteiger partial charge is 0.335 e. The summed E-state index contributed by atoms with van der Waals surface area (Å²) >= 11 is 5.32. The average molecular weight is 215 g/mol. The molecule has 1 aliphatic carbocycles. The predicted octanol–water partition coefficient (Wildman–Crippen LogP) is 2.11. The van der Waals surface area contributed by atoms with Crippen molar-refractivity contribution < 1.29 is 9.72 Å². The van der Waals surface area contributed by atoms with Gasteiger partial charge in [-0.15, -0.1) is 0 Å². The van der Waals surface area contributed by atoms with Crippen molar-refractivity contribution in [2.24, 2.45) is 0 Å². The van der Waals surface area contributed by atoms with Gasteiger partial charge in [-0.05, 0) is 24.4 Å². The molecule has 0 N–H and O–H groups in total. The van der Waals surface area contributed by atoms with Crippen molar-refractivity contribution in [3.63, 3.8) is 0 Å². The zero-order chi connectivity index (χ0) is 10.3. The number of hydrogen-bond donors (Lipinski definition) is 0. The summed E-state index contributed by atoms with van der Waals surface area (Å²) in [5.41, 5.74) is 0.127. The lowest BCUT2D eigenvalue weighted by atomic mass is 10.4. The monoisotopic (exact) mass is 214 g/mol. The van der Waals surface area contributed by atoms with Gasteiger partial charge in [-0.2, -0.15) is 0 Å². The van der Waals surface area contributed by atoms with Crippen LogP contribution in [0.3, 0.4) is 0 Å². The van der Waals surface area contributed by atoms with Crippen molar-refractivity contribution in [3.05, 3.63) is 28.1 Å². The van der Waals surface area contributed by atoms with Crippen LogP contribution in [0.25, 0.3) is 0 Å². The molecular formula is C8H7ClN2O3. The van der Waals surface area contributed by atoms with Crippen molar-refractivity contribution >= 4 is 22.5 Å². The maximum atomic E-state index is 11.0. The molecule has 0 radical (unpaired) electrons. The third kappa shape index (κ3) is 1.50. The van der Waals surface area contributed by atoms with Gasteiger partial charge >= 0.3 is 0 Å². The second kappa shape index (κ2) is 3.09. The molecule has 0 saturated heterocycles. The van der Waals surface area contributed by atoms with E-state index >= 15 is 0 Å². The Hall–Kier alpha value is -1.36. The van der Waals surface area contributed by atoms with E-state index in [1.165, 1.54) is 12.3 Å². The number of rotatable bonds is 3. The first-order chi connectivity index (χ1) is 6.59. The smallest absolute Gasteiger partial charge is 0.287 e. The van der Waals surface area contributed by atoms with E-state index in [9.17, 15) is 14.9 Å². The van der Waals surface area contributed by atoms with E-state index < -0.39 is 10.2 Å². The zero-order valence-corrected chi connectivity index (χ0v) is 7.90. The van der Waals surface area contributed by atoms with E-state index in [0.717, 1.165) is 12.8 Å². The van der Waals surface area contributed by atoms with Gasteiger partial charge in [-0.1, -0.05) is 0 Å². The molecule has 2 rings (SSSR count). The fraction of sp³-hybridized carbons (Fsp3) is 0.375. The molecule has 0 bridgehead atoms. The van der Waals surface area contributed by atoms with Gasteiger partial charge in [0.25, 0.3) is 10.9 Å². The van der Waals surface area contributed by atoms with Gasteiger partial charge < -0.3 is 4.57 Å². The minimum atomic E-state index is -0.648. The van der Waals surface area contributed by atoms with Gasteiger partial charge in [0.15, 0.2) is 0 Å². The van der Waals surface area contributed by atoms with Crippen molar-refractivity contribution in [3.8, 4) is 0 Å². The summed E-state index contributed by atoms with van der Waals surface area (Å²) in [4.78, 5) is 20.9. The lowest BCUT2D eigenvalue weighted by Crippen LogP contribution is -2.01. The number of halogens is 1. The first-order valence-corrected chi connectivity index (χ1v) is 4.53. The molecule has 14 heavy (non-hydrogen) atoms. The number of aromatic nitrogens is 1. The van der Waals surface area contributed by atoms with E-state index in [2.05, 4.69) is 0 Å². The molecule has 0 atom stereocenters. The first-order valence-electron chi connectivity index (χ1n) is 4.15. The molecule has 1 saturated carbocycles. The standard InChI is InChI=1S/C8H7ClN2O3/c9-8(12)7-3-6(11(13)14)4-10(7)5-1-2-5/h3-5H,1-2H2. The van der Waals surface area contributed by atoms with Crippen molar-refractivity contribution in [2.45, 2.75) is 18.9 Å². The molecule has 6 heteroatoms. The van der Waals surface area contributed by atoms with Gasteiger partial charge in [0.05, 0.1) is 11.1 Å². The van der Waals surface area contributed by atoms with E-state index in [1.807, 2.05) is 0 Å². The van der Waals surface area contributed by atoms with E-state index in [1.54, 1.807) is 4.57 Å². The number of hydrogen-bond acceptors (Lipinski definition) is 3. The summed E-state index contributed by atoms with van der Waals surface area (Å²) in [6.07, 6.45) is 3.26.